The number of hydrogen-bond donors (Lipinski definition) is 0. The van der Waals surface area contributed by atoms with Crippen molar-refractivity contribution in [3.63, 3.8) is 0 Å². The minimum absolute atomic E-state index is 3.04. The molecule has 0 aromatic heterocycles. The maximum atomic E-state index is 11.1. The minimum Gasteiger partial charge on any atom is -0.208 e. The van der Waals surface area contributed by atoms with E-state index in [1.165, 1.54) is 0 Å². The highest BCUT2D eigenvalue weighted by molar-refractivity contribution is 6.21. The van der Waals surface area contributed by atoms with Gasteiger partial charge in [-0.2, -0.15) is 26.3 Å². The van der Waals surface area contributed by atoms with Gasteiger partial charge in [-0.3, -0.25) is 0 Å². The maximum absolute atomic E-state index is 11.1. The number of hydrogen-bond acceptors (Lipinski definition) is 0. The predicted molar refractivity (Wildman–Crippen MR) is 43.4 cm³/mol. The molecular formula is C6H4Cl2F10. The normalized spacial score (nSPS) is 16.3. The van der Waals surface area contributed by atoms with E-state index in [1.54, 1.807) is 0 Å². The third-order valence-corrected chi connectivity index (χ3v) is 1.94. The average Bonchev–Trinajstić information content (AvgIpc) is 2.13. The van der Waals surface area contributed by atoms with E-state index in [9.17, 15) is 43.9 Å². The van der Waals surface area contributed by atoms with E-state index >= 15 is 0 Å². The van der Waals surface area contributed by atoms with Gasteiger partial charge in [0, 0.05) is 0 Å². The van der Waals surface area contributed by atoms with Gasteiger partial charge in [-0.05, 0) is 0 Å². The molecule has 18 heavy (non-hydrogen) atoms. The van der Waals surface area contributed by atoms with Crippen LogP contribution in [0.15, 0.2) is 0 Å². The molecule has 0 rings (SSSR count). The molecule has 0 radical (unpaired) electrons. The maximum Gasteiger partial charge on any atom is 0.410 e. The smallest absolute Gasteiger partial charge is 0.208 e. The molecule has 0 saturated carbocycles. The zero-order valence-corrected chi connectivity index (χ0v) is 9.36. The summed E-state index contributed by atoms with van der Waals surface area (Å²) in [5.74, 6) is 0. The highest BCUT2D eigenvalue weighted by Crippen LogP contribution is 2.29. The topological polar surface area (TPSA) is 0 Å². The molecule has 0 bridgehead atoms. The van der Waals surface area contributed by atoms with Crippen LogP contribution in [0.25, 0.3) is 0 Å². The summed E-state index contributed by atoms with van der Waals surface area (Å²) in [4.78, 5) is 0. The first kappa shape index (κ1) is 20.2. The molecule has 112 valence electrons. The van der Waals surface area contributed by atoms with Crippen LogP contribution in [0.2, 0.25) is 0 Å². The van der Waals surface area contributed by atoms with Crippen molar-refractivity contribution in [2.75, 3.05) is 0 Å². The molecule has 0 aromatic rings. The summed E-state index contributed by atoms with van der Waals surface area (Å²) in [5.41, 5.74) is 0. The molecule has 0 amide bonds. The first-order valence-corrected chi connectivity index (χ1v) is 4.56. The number of halogens is 12. The van der Waals surface area contributed by atoms with E-state index < -0.39 is 36.0 Å². The van der Waals surface area contributed by atoms with Gasteiger partial charge < -0.3 is 0 Å². The second-order valence-corrected chi connectivity index (χ2v) is 3.50. The molecular weight excluding hydrogens is 333 g/mol. The Morgan fingerprint density at radius 3 is 0.722 bits per heavy atom. The van der Waals surface area contributed by atoms with Crippen LogP contribution in [0.1, 0.15) is 0 Å². The molecule has 0 fully saturated rings. The summed E-state index contributed by atoms with van der Waals surface area (Å²) >= 11 is 8.43. The Morgan fingerprint density at radius 1 is 0.556 bits per heavy atom. The van der Waals surface area contributed by atoms with Crippen LogP contribution in [0.3, 0.4) is 0 Å². The van der Waals surface area contributed by atoms with Crippen molar-refractivity contribution in [2.45, 2.75) is 36.0 Å². The highest BCUT2D eigenvalue weighted by atomic mass is 35.5. The Hall–Kier alpha value is -0.120. The summed E-state index contributed by atoms with van der Waals surface area (Å²) in [6, 6.07) is 0. The van der Waals surface area contributed by atoms with Crippen LogP contribution >= 0.6 is 23.2 Å². The highest BCUT2D eigenvalue weighted by Gasteiger charge is 2.45. The Labute approximate surface area is 104 Å². The molecule has 0 saturated heterocycles. The molecule has 0 heterocycles. The van der Waals surface area contributed by atoms with Gasteiger partial charge in [0.05, 0.1) is 0 Å². The number of alkyl halides is 12. The number of rotatable bonds is 2. The largest absolute Gasteiger partial charge is 0.410 e. The van der Waals surface area contributed by atoms with E-state index in [-0.39, 0.29) is 0 Å². The Kier molecular flexibility index (Phi) is 8.38. The van der Waals surface area contributed by atoms with Gasteiger partial charge in [0.2, 0.25) is 0 Å². The zero-order chi connectivity index (χ0) is 15.3. The summed E-state index contributed by atoms with van der Waals surface area (Å²) in [6.07, 6.45) is -17.1. The van der Waals surface area contributed by atoms with Crippen LogP contribution < -0.4 is 0 Å². The van der Waals surface area contributed by atoms with Gasteiger partial charge in [0.25, 0.3) is 12.9 Å². The molecule has 0 aromatic carbocycles. The standard InChI is InChI=1S/2C3H2ClF5/c2*4-1(2(5)6)3(7,8)9/h2*1-2H. The molecule has 2 unspecified atom stereocenters. The van der Waals surface area contributed by atoms with Crippen LogP contribution in [0.4, 0.5) is 43.9 Å². The summed E-state index contributed by atoms with van der Waals surface area (Å²) in [7, 11) is 0. The minimum atomic E-state index is -5.00. The van der Waals surface area contributed by atoms with Crippen molar-refractivity contribution in [2.24, 2.45) is 0 Å². The quantitative estimate of drug-likeness (QED) is 0.500. The lowest BCUT2D eigenvalue weighted by Crippen LogP contribution is -2.29. The molecule has 0 aliphatic rings. The third kappa shape index (κ3) is 8.90. The summed E-state index contributed by atoms with van der Waals surface area (Å²) in [5, 5.41) is -6.09. The van der Waals surface area contributed by atoms with Crippen LogP contribution in [0, 0.1) is 0 Å². The first-order valence-electron chi connectivity index (χ1n) is 3.69. The van der Waals surface area contributed by atoms with Gasteiger partial charge in [0.1, 0.15) is 0 Å². The summed E-state index contributed by atoms with van der Waals surface area (Å²) < 4.78 is 111. The van der Waals surface area contributed by atoms with Gasteiger partial charge in [0.15, 0.2) is 10.8 Å². The van der Waals surface area contributed by atoms with Crippen molar-refractivity contribution in [3.8, 4) is 0 Å². The fourth-order valence-electron chi connectivity index (χ4n) is 0.286. The van der Waals surface area contributed by atoms with E-state index in [2.05, 4.69) is 23.2 Å². The van der Waals surface area contributed by atoms with Gasteiger partial charge in [-0.25, -0.2) is 17.6 Å². The molecule has 0 N–H and O–H groups in total. The van der Waals surface area contributed by atoms with Gasteiger partial charge >= 0.3 is 12.4 Å². The van der Waals surface area contributed by atoms with Crippen molar-refractivity contribution in [1.29, 1.82) is 0 Å². The molecule has 2 atom stereocenters. The Morgan fingerprint density at radius 2 is 0.722 bits per heavy atom. The van der Waals surface area contributed by atoms with E-state index in [4.69, 9.17) is 0 Å². The molecule has 0 aliphatic heterocycles. The second-order valence-electron chi connectivity index (χ2n) is 2.56. The van der Waals surface area contributed by atoms with Gasteiger partial charge in [-0.1, -0.05) is 0 Å². The zero-order valence-electron chi connectivity index (χ0n) is 7.84. The lowest BCUT2D eigenvalue weighted by Gasteiger charge is -2.10. The van der Waals surface area contributed by atoms with Crippen LogP contribution in [0.5, 0.6) is 0 Å². The molecule has 0 aliphatic carbocycles. The first-order chi connectivity index (χ1) is 7.71. The third-order valence-electron chi connectivity index (χ3n) is 1.07. The average molecular weight is 337 g/mol. The molecule has 0 nitrogen and oxygen atoms in total. The SMILES string of the molecule is FC(F)C(Cl)C(F)(F)F.FC(F)C(Cl)C(F)(F)F. The van der Waals surface area contributed by atoms with E-state index in [1.807, 2.05) is 0 Å². The lowest BCUT2D eigenvalue weighted by molar-refractivity contribution is -0.155. The lowest BCUT2D eigenvalue weighted by atomic mass is 10.4. The van der Waals surface area contributed by atoms with Gasteiger partial charge in [-0.15, -0.1) is 23.2 Å². The van der Waals surface area contributed by atoms with Crippen molar-refractivity contribution in [3.05, 3.63) is 0 Å². The fourth-order valence-corrected chi connectivity index (χ4v) is 0.286. The van der Waals surface area contributed by atoms with Crippen LogP contribution in [-0.4, -0.2) is 36.0 Å². The predicted octanol–water partition coefficient (Wildman–Crippen LogP) is 4.84. The van der Waals surface area contributed by atoms with Crippen molar-refractivity contribution < 1.29 is 43.9 Å². The Balaban J connectivity index is 0. The van der Waals surface area contributed by atoms with Crippen molar-refractivity contribution >= 4 is 23.2 Å². The van der Waals surface area contributed by atoms with E-state index in [0.29, 0.717) is 0 Å². The second kappa shape index (κ2) is 7.46. The monoisotopic (exact) mass is 336 g/mol. The summed E-state index contributed by atoms with van der Waals surface area (Å²) in [6.45, 7) is 0. The fraction of sp³-hybridized carbons (Fsp3) is 1.00. The Bertz CT molecular complexity index is 197. The van der Waals surface area contributed by atoms with Crippen LogP contribution in [-0.2, 0) is 0 Å². The molecule has 0 spiro atoms. The van der Waals surface area contributed by atoms with E-state index in [0.717, 1.165) is 0 Å². The molecule has 12 heteroatoms. The van der Waals surface area contributed by atoms with Crippen molar-refractivity contribution in [1.82, 2.24) is 0 Å².